The van der Waals surface area contributed by atoms with Crippen molar-refractivity contribution in [3.8, 4) is 0 Å². The minimum absolute atomic E-state index is 0. The lowest BCUT2D eigenvalue weighted by Crippen LogP contribution is -2.34. The van der Waals surface area contributed by atoms with Gasteiger partial charge in [-0.05, 0) is 32.1 Å². The van der Waals surface area contributed by atoms with E-state index in [2.05, 4.69) is 12.2 Å². The predicted octanol–water partition coefficient (Wildman–Crippen LogP) is 1.75. The fourth-order valence-corrected chi connectivity index (χ4v) is 2.26. The van der Waals surface area contributed by atoms with Crippen LogP contribution in [0.5, 0.6) is 0 Å². The van der Waals surface area contributed by atoms with E-state index in [-0.39, 0.29) is 27.0 Å². The molecule has 6 nitrogen and oxygen atoms in total. The Kier molecular flexibility index (Phi) is 5.29. The van der Waals surface area contributed by atoms with E-state index in [1.165, 1.54) is 0 Å². The smallest absolute Gasteiger partial charge is 0.358 e. The van der Waals surface area contributed by atoms with Gasteiger partial charge >= 0.3 is 5.97 Å². The van der Waals surface area contributed by atoms with E-state index in [1.54, 1.807) is 0 Å². The number of carbonyl (C=O) groups is 3. The van der Waals surface area contributed by atoms with Crippen molar-refractivity contribution in [3.05, 3.63) is 12.2 Å². The number of hydrogen-bond donors (Lipinski definition) is 0. The fourth-order valence-electron chi connectivity index (χ4n) is 2.26. The Morgan fingerprint density at radius 1 is 1.20 bits per heavy atom. The first-order valence-corrected chi connectivity index (χ1v) is 7.00. The second kappa shape index (κ2) is 7.19. The van der Waals surface area contributed by atoms with Crippen molar-refractivity contribution in [1.29, 1.82) is 0 Å². The van der Waals surface area contributed by atoms with Crippen molar-refractivity contribution in [1.82, 2.24) is 5.06 Å². The van der Waals surface area contributed by atoms with Crippen LogP contribution in [0.15, 0.2) is 12.2 Å². The molecule has 0 aromatic heterocycles. The van der Waals surface area contributed by atoms with Gasteiger partial charge < -0.3 is 9.57 Å². The van der Waals surface area contributed by atoms with Gasteiger partial charge in [-0.25, -0.2) is 4.79 Å². The molecule has 1 aliphatic carbocycles. The molecule has 0 saturated carbocycles. The predicted molar refractivity (Wildman–Crippen MR) is 71.3 cm³/mol. The summed E-state index contributed by atoms with van der Waals surface area (Å²) < 4.78 is 5.50. The average molecular weight is 283 g/mol. The van der Waals surface area contributed by atoms with Crippen LogP contribution in [-0.2, 0) is 24.0 Å². The number of imide groups is 1. The van der Waals surface area contributed by atoms with Crippen LogP contribution in [0.3, 0.4) is 0 Å². The van der Waals surface area contributed by atoms with Crippen LogP contribution in [0.25, 0.3) is 0 Å². The van der Waals surface area contributed by atoms with Gasteiger partial charge in [-0.1, -0.05) is 12.2 Å². The second-order valence-electron chi connectivity index (χ2n) is 4.96. The molecule has 1 atom stereocenters. The highest BCUT2D eigenvalue weighted by molar-refractivity contribution is 6.01. The molecule has 0 aromatic rings. The van der Waals surface area contributed by atoms with Gasteiger partial charge in [-0.2, -0.15) is 0 Å². The maximum absolute atomic E-state index is 11.6. The molecule has 2 aliphatic rings. The van der Waals surface area contributed by atoms with Crippen molar-refractivity contribution in [3.63, 3.8) is 0 Å². The Morgan fingerprint density at radius 2 is 1.90 bits per heavy atom. The van der Waals surface area contributed by atoms with E-state index in [1.807, 2.05) is 0 Å². The third-order valence-corrected chi connectivity index (χ3v) is 3.35. The quantitative estimate of drug-likeness (QED) is 0.580. The van der Waals surface area contributed by atoms with Gasteiger partial charge in [0.05, 0.1) is 6.10 Å². The molecule has 6 heteroatoms. The minimum Gasteiger partial charge on any atom is -0.366 e. The topological polar surface area (TPSA) is 72.9 Å². The number of carbonyl (C=O) groups excluding carboxylic acids is 3. The molecule has 0 bridgehead atoms. The molecule has 0 N–H and O–H groups in total. The number of ether oxygens (including phenoxy) is 1. The van der Waals surface area contributed by atoms with Crippen molar-refractivity contribution >= 4 is 17.8 Å². The van der Waals surface area contributed by atoms with Crippen LogP contribution < -0.4 is 0 Å². The van der Waals surface area contributed by atoms with Gasteiger partial charge in [-0.15, -0.1) is 5.06 Å². The van der Waals surface area contributed by atoms with Crippen molar-refractivity contribution in [2.24, 2.45) is 0 Å². The van der Waals surface area contributed by atoms with E-state index >= 15 is 0 Å². The highest BCUT2D eigenvalue weighted by Gasteiger charge is 2.32. The van der Waals surface area contributed by atoms with Gasteiger partial charge in [-0.3, -0.25) is 9.59 Å². The third kappa shape index (κ3) is 4.16. The van der Waals surface area contributed by atoms with Crippen LogP contribution in [0, 0.1) is 0 Å². The summed E-state index contributed by atoms with van der Waals surface area (Å²) in [6.45, 7) is -0.231. The molecule has 1 saturated heterocycles. The van der Waals surface area contributed by atoms with Gasteiger partial charge in [0.25, 0.3) is 11.8 Å². The molecule has 0 spiro atoms. The summed E-state index contributed by atoms with van der Waals surface area (Å²) in [4.78, 5) is 38.9. The number of hydrogen-bond acceptors (Lipinski definition) is 5. The van der Waals surface area contributed by atoms with Crippen LogP contribution in [0.1, 0.15) is 46.4 Å². The van der Waals surface area contributed by atoms with Crippen LogP contribution in [0.4, 0.5) is 0 Å². The first-order chi connectivity index (χ1) is 9.66. The Hall–Kier alpha value is -1.69. The standard InChI is InChI=1S/C14H19NO5.H2/c16-12-8-9-13(17)15(12)20-14(18)10-19-11-6-4-2-1-3-5-7-11;/h1-2,11H,3-10H2;1H/b2-1+;. The van der Waals surface area contributed by atoms with Crippen LogP contribution in [0.2, 0.25) is 0 Å². The lowest BCUT2D eigenvalue weighted by atomic mass is 10.0. The van der Waals surface area contributed by atoms with E-state index in [0.717, 1.165) is 32.1 Å². The minimum atomic E-state index is -0.703. The maximum Gasteiger partial charge on any atom is 0.358 e. The molecule has 112 valence electrons. The summed E-state index contributed by atoms with van der Waals surface area (Å²) in [5.41, 5.74) is 0. The summed E-state index contributed by atoms with van der Waals surface area (Å²) in [5.74, 6) is -1.65. The molecule has 1 unspecified atom stereocenters. The van der Waals surface area contributed by atoms with Gasteiger partial charge in [0.1, 0.15) is 6.61 Å². The molecule has 1 fully saturated rings. The largest absolute Gasteiger partial charge is 0.366 e. The molecule has 20 heavy (non-hydrogen) atoms. The SMILES string of the molecule is O=C(COC1CC/C=C/CCC1)ON1C(=O)CCC1=O.[HH]. The highest BCUT2D eigenvalue weighted by atomic mass is 16.7. The Bertz CT molecular complexity index is 408. The number of amides is 2. The molecule has 1 heterocycles. The number of rotatable bonds is 4. The van der Waals surface area contributed by atoms with Gasteiger partial charge in [0, 0.05) is 14.3 Å². The molecule has 0 aromatic carbocycles. The van der Waals surface area contributed by atoms with E-state index in [4.69, 9.17) is 9.57 Å². The third-order valence-electron chi connectivity index (χ3n) is 3.35. The van der Waals surface area contributed by atoms with Crippen molar-refractivity contribution in [2.75, 3.05) is 6.61 Å². The van der Waals surface area contributed by atoms with Crippen molar-refractivity contribution < 1.29 is 25.4 Å². The maximum atomic E-state index is 11.6. The Morgan fingerprint density at radius 3 is 2.65 bits per heavy atom. The van der Waals surface area contributed by atoms with Crippen LogP contribution in [-0.4, -0.2) is 35.6 Å². The lowest BCUT2D eigenvalue weighted by Gasteiger charge is -2.18. The normalized spacial score (nSPS) is 25.2. The van der Waals surface area contributed by atoms with Crippen molar-refractivity contribution in [2.45, 2.75) is 51.0 Å². The molecular weight excluding hydrogens is 262 g/mol. The molecule has 0 radical (unpaired) electrons. The molecule has 2 rings (SSSR count). The Balaban J connectivity index is 0.00000220. The van der Waals surface area contributed by atoms with Gasteiger partial charge in [0.15, 0.2) is 0 Å². The first-order valence-electron chi connectivity index (χ1n) is 7.00. The summed E-state index contributed by atoms with van der Waals surface area (Å²) >= 11 is 0. The number of allylic oxidation sites excluding steroid dienone is 2. The number of nitrogens with zero attached hydrogens (tertiary/aromatic N) is 1. The summed E-state index contributed by atoms with van der Waals surface area (Å²) in [5, 5.41) is 0.548. The second-order valence-corrected chi connectivity index (χ2v) is 4.96. The summed E-state index contributed by atoms with van der Waals surface area (Å²) in [6.07, 6.45) is 9.26. The zero-order valence-corrected chi connectivity index (χ0v) is 11.4. The molecular formula is C14H21NO5. The highest BCUT2D eigenvalue weighted by Crippen LogP contribution is 2.16. The molecule has 1 aliphatic heterocycles. The lowest BCUT2D eigenvalue weighted by molar-refractivity contribution is -0.201. The fraction of sp³-hybridized carbons (Fsp3) is 0.643. The molecule has 2 amide bonds. The van der Waals surface area contributed by atoms with E-state index < -0.39 is 17.8 Å². The summed E-state index contributed by atoms with van der Waals surface area (Å²) in [6, 6.07) is 0. The zero-order chi connectivity index (χ0) is 14.4. The van der Waals surface area contributed by atoms with Crippen LogP contribution >= 0.6 is 0 Å². The number of hydroxylamine groups is 2. The van der Waals surface area contributed by atoms with Gasteiger partial charge in [0.2, 0.25) is 0 Å². The average Bonchev–Trinajstić information content (AvgIpc) is 2.69. The van der Waals surface area contributed by atoms with E-state index in [9.17, 15) is 14.4 Å². The Labute approximate surface area is 119 Å². The first kappa shape index (κ1) is 14.7. The zero-order valence-electron chi connectivity index (χ0n) is 11.4. The van der Waals surface area contributed by atoms with E-state index in [0.29, 0.717) is 5.06 Å². The monoisotopic (exact) mass is 283 g/mol. The summed E-state index contributed by atoms with van der Waals surface area (Å²) in [7, 11) is 0.